The van der Waals surface area contributed by atoms with Gasteiger partial charge >= 0.3 is 0 Å². The van der Waals surface area contributed by atoms with Gasteiger partial charge in [-0.15, -0.1) is 11.3 Å². The first-order valence-electron chi connectivity index (χ1n) is 5.49. The molecule has 0 atom stereocenters. The summed E-state index contributed by atoms with van der Waals surface area (Å²) in [6.07, 6.45) is 4.58. The first-order chi connectivity index (χ1) is 9.34. The summed E-state index contributed by atoms with van der Waals surface area (Å²) in [6.45, 7) is 0. The molecular weight excluding hydrogens is 262 g/mol. The predicted molar refractivity (Wildman–Crippen MR) is 71.4 cm³/mol. The van der Waals surface area contributed by atoms with Crippen LogP contribution in [0.2, 0.25) is 0 Å². The Morgan fingerprint density at radius 2 is 2.26 bits per heavy atom. The standard InChI is InChI=1S/C12H9N5OS/c18-12(10-4-2-6-19-10)16-9-3-1-5-14-11(9)17-8-13-7-15-17/h1-8H,(H,16,18). The van der Waals surface area contributed by atoms with Gasteiger partial charge in [0.15, 0.2) is 5.82 Å². The van der Waals surface area contributed by atoms with Crippen molar-refractivity contribution < 1.29 is 4.79 Å². The molecule has 0 unspecified atom stereocenters. The molecule has 0 aliphatic carbocycles. The van der Waals surface area contributed by atoms with Gasteiger partial charge in [-0.3, -0.25) is 4.79 Å². The second kappa shape index (κ2) is 4.99. The monoisotopic (exact) mass is 271 g/mol. The molecule has 1 N–H and O–H groups in total. The first-order valence-corrected chi connectivity index (χ1v) is 6.37. The highest BCUT2D eigenvalue weighted by Gasteiger charge is 2.11. The highest BCUT2D eigenvalue weighted by molar-refractivity contribution is 7.12. The zero-order valence-corrected chi connectivity index (χ0v) is 10.5. The first kappa shape index (κ1) is 11.5. The number of amides is 1. The second-order valence-electron chi connectivity index (χ2n) is 3.65. The summed E-state index contributed by atoms with van der Waals surface area (Å²) in [5, 5.41) is 8.69. The average molecular weight is 271 g/mol. The quantitative estimate of drug-likeness (QED) is 0.790. The molecule has 0 bridgehead atoms. The SMILES string of the molecule is O=C(Nc1cccnc1-n1cncn1)c1cccs1. The summed E-state index contributed by atoms with van der Waals surface area (Å²) < 4.78 is 1.50. The third kappa shape index (κ3) is 2.36. The van der Waals surface area contributed by atoms with Crippen molar-refractivity contribution in [3.8, 4) is 5.82 Å². The van der Waals surface area contributed by atoms with Crippen molar-refractivity contribution in [3.63, 3.8) is 0 Å². The third-order valence-corrected chi connectivity index (χ3v) is 3.28. The van der Waals surface area contributed by atoms with Gasteiger partial charge in [-0.1, -0.05) is 6.07 Å². The zero-order valence-electron chi connectivity index (χ0n) is 9.72. The molecule has 1 amide bonds. The highest BCUT2D eigenvalue weighted by Crippen LogP contribution is 2.18. The Morgan fingerprint density at radius 3 is 3.00 bits per heavy atom. The van der Waals surface area contributed by atoms with Crippen LogP contribution >= 0.6 is 11.3 Å². The fourth-order valence-corrected chi connectivity index (χ4v) is 2.21. The van der Waals surface area contributed by atoms with Crippen molar-refractivity contribution in [2.24, 2.45) is 0 Å². The van der Waals surface area contributed by atoms with Crippen LogP contribution in [0.15, 0.2) is 48.5 Å². The van der Waals surface area contributed by atoms with Gasteiger partial charge in [0.05, 0.1) is 10.6 Å². The number of thiophene rings is 1. The molecule has 0 saturated heterocycles. The second-order valence-corrected chi connectivity index (χ2v) is 4.59. The summed E-state index contributed by atoms with van der Waals surface area (Å²) in [5.74, 6) is 0.370. The fraction of sp³-hybridized carbons (Fsp3) is 0. The van der Waals surface area contributed by atoms with E-state index in [2.05, 4.69) is 20.4 Å². The lowest BCUT2D eigenvalue weighted by Gasteiger charge is -2.08. The number of hydrogen-bond donors (Lipinski definition) is 1. The van der Waals surface area contributed by atoms with Gasteiger partial charge in [-0.2, -0.15) is 5.10 Å². The van der Waals surface area contributed by atoms with E-state index in [4.69, 9.17) is 0 Å². The van der Waals surface area contributed by atoms with Crippen LogP contribution in [-0.2, 0) is 0 Å². The minimum atomic E-state index is -0.163. The molecule has 0 spiro atoms. The minimum Gasteiger partial charge on any atom is -0.318 e. The molecule has 94 valence electrons. The lowest BCUT2D eigenvalue weighted by atomic mass is 10.3. The van der Waals surface area contributed by atoms with Crippen molar-refractivity contribution in [3.05, 3.63) is 53.4 Å². The Hall–Kier alpha value is -2.54. The van der Waals surface area contributed by atoms with E-state index in [9.17, 15) is 4.79 Å². The van der Waals surface area contributed by atoms with Gasteiger partial charge in [-0.25, -0.2) is 14.6 Å². The van der Waals surface area contributed by atoms with E-state index in [1.54, 1.807) is 24.4 Å². The zero-order chi connectivity index (χ0) is 13.1. The van der Waals surface area contributed by atoms with Crippen molar-refractivity contribution in [1.29, 1.82) is 0 Å². The Balaban J connectivity index is 1.92. The molecule has 0 fully saturated rings. The molecule has 3 heterocycles. The fourth-order valence-electron chi connectivity index (χ4n) is 1.59. The minimum absolute atomic E-state index is 0.163. The molecule has 7 heteroatoms. The molecule has 0 saturated carbocycles. The van der Waals surface area contributed by atoms with Crippen LogP contribution in [0.4, 0.5) is 5.69 Å². The van der Waals surface area contributed by atoms with Crippen LogP contribution in [0.5, 0.6) is 0 Å². The number of anilines is 1. The van der Waals surface area contributed by atoms with E-state index in [1.165, 1.54) is 28.7 Å². The van der Waals surface area contributed by atoms with E-state index >= 15 is 0 Å². The van der Waals surface area contributed by atoms with E-state index in [-0.39, 0.29) is 5.91 Å². The number of hydrogen-bond acceptors (Lipinski definition) is 5. The van der Waals surface area contributed by atoms with Crippen LogP contribution in [0.25, 0.3) is 5.82 Å². The maximum Gasteiger partial charge on any atom is 0.265 e. The van der Waals surface area contributed by atoms with Crippen molar-refractivity contribution >= 4 is 22.9 Å². The van der Waals surface area contributed by atoms with Crippen LogP contribution in [0.3, 0.4) is 0 Å². The molecule has 0 aromatic carbocycles. The van der Waals surface area contributed by atoms with Crippen LogP contribution in [0.1, 0.15) is 9.67 Å². The summed E-state index contributed by atoms with van der Waals surface area (Å²) in [7, 11) is 0. The van der Waals surface area contributed by atoms with Gasteiger partial charge in [0, 0.05) is 6.20 Å². The largest absolute Gasteiger partial charge is 0.318 e. The summed E-state index contributed by atoms with van der Waals surface area (Å²) in [5.41, 5.74) is 0.589. The number of pyridine rings is 1. The molecule has 3 aromatic heterocycles. The maximum absolute atomic E-state index is 12.0. The normalized spacial score (nSPS) is 10.3. The van der Waals surface area contributed by atoms with Crippen LogP contribution in [-0.4, -0.2) is 25.7 Å². The van der Waals surface area contributed by atoms with Crippen LogP contribution in [0, 0.1) is 0 Å². The Bertz CT molecular complexity index is 678. The number of carbonyl (C=O) groups is 1. The van der Waals surface area contributed by atoms with E-state index in [0.717, 1.165) is 0 Å². The van der Waals surface area contributed by atoms with Crippen molar-refractivity contribution in [2.45, 2.75) is 0 Å². The third-order valence-electron chi connectivity index (χ3n) is 2.42. The molecule has 3 aromatic rings. The molecular formula is C12H9N5OS. The van der Waals surface area contributed by atoms with E-state index < -0.39 is 0 Å². The molecule has 0 aliphatic heterocycles. The number of aromatic nitrogens is 4. The lowest BCUT2D eigenvalue weighted by Crippen LogP contribution is -2.13. The van der Waals surface area contributed by atoms with Crippen molar-refractivity contribution in [1.82, 2.24) is 19.7 Å². The van der Waals surface area contributed by atoms with Gasteiger partial charge in [0.1, 0.15) is 12.7 Å². The summed E-state index contributed by atoms with van der Waals surface area (Å²) in [4.78, 5) is 20.7. The van der Waals surface area contributed by atoms with Gasteiger partial charge < -0.3 is 5.32 Å². The molecule has 0 radical (unpaired) electrons. The Morgan fingerprint density at radius 1 is 1.32 bits per heavy atom. The maximum atomic E-state index is 12.0. The number of rotatable bonds is 3. The van der Waals surface area contributed by atoms with Crippen molar-refractivity contribution in [2.75, 3.05) is 5.32 Å². The highest BCUT2D eigenvalue weighted by atomic mass is 32.1. The van der Waals surface area contributed by atoms with Gasteiger partial charge in [0.2, 0.25) is 0 Å². The van der Waals surface area contributed by atoms with E-state index in [0.29, 0.717) is 16.4 Å². The summed E-state index contributed by atoms with van der Waals surface area (Å²) >= 11 is 1.39. The number of nitrogens with zero attached hydrogens (tertiary/aromatic N) is 4. The van der Waals surface area contributed by atoms with Crippen LogP contribution < -0.4 is 5.32 Å². The Labute approximate surface area is 112 Å². The summed E-state index contributed by atoms with van der Waals surface area (Å²) in [6, 6.07) is 7.13. The number of carbonyl (C=O) groups excluding carboxylic acids is 1. The topological polar surface area (TPSA) is 72.7 Å². The average Bonchev–Trinajstić information content (AvgIpc) is 3.13. The van der Waals surface area contributed by atoms with E-state index in [1.807, 2.05) is 11.4 Å². The predicted octanol–water partition coefficient (Wildman–Crippen LogP) is 1.98. The number of nitrogens with one attached hydrogen (secondary N) is 1. The molecule has 3 rings (SSSR count). The molecule has 0 aliphatic rings. The smallest absolute Gasteiger partial charge is 0.265 e. The molecule has 6 nitrogen and oxygen atoms in total. The lowest BCUT2D eigenvalue weighted by molar-refractivity contribution is 0.103. The molecule has 19 heavy (non-hydrogen) atoms. The van der Waals surface area contributed by atoms with Gasteiger partial charge in [-0.05, 0) is 23.6 Å². The van der Waals surface area contributed by atoms with Gasteiger partial charge in [0.25, 0.3) is 5.91 Å². The Kier molecular flexibility index (Phi) is 3.03.